The normalized spacial score (nSPS) is 11.1. The molecular formula is C26H26N2O3. The van der Waals surface area contributed by atoms with Gasteiger partial charge in [-0.25, -0.2) is 4.98 Å². The molecule has 0 bridgehead atoms. The SMILES string of the molecule is CCCOc1ccc(C(=O)Nc2ccc3oc(-c4ccc(C(C)C)cc4)nc3c2)cc1. The van der Waals surface area contributed by atoms with Crippen molar-refractivity contribution in [1.29, 1.82) is 0 Å². The molecule has 1 aromatic heterocycles. The minimum absolute atomic E-state index is 0.186. The number of aromatic nitrogens is 1. The fourth-order valence-electron chi connectivity index (χ4n) is 3.26. The average Bonchev–Trinajstić information content (AvgIpc) is 3.21. The highest BCUT2D eigenvalue weighted by Crippen LogP contribution is 2.27. The van der Waals surface area contributed by atoms with Crippen molar-refractivity contribution < 1.29 is 13.9 Å². The number of carbonyl (C=O) groups is 1. The summed E-state index contributed by atoms with van der Waals surface area (Å²) in [5.74, 6) is 1.62. The maximum atomic E-state index is 12.6. The molecule has 4 rings (SSSR count). The van der Waals surface area contributed by atoms with Crippen LogP contribution in [0.4, 0.5) is 5.69 Å². The van der Waals surface area contributed by atoms with Crippen molar-refractivity contribution in [2.45, 2.75) is 33.1 Å². The van der Waals surface area contributed by atoms with Gasteiger partial charge in [-0.15, -0.1) is 0 Å². The first-order valence-electron chi connectivity index (χ1n) is 10.6. The molecule has 31 heavy (non-hydrogen) atoms. The number of hydrogen-bond donors (Lipinski definition) is 1. The first-order valence-corrected chi connectivity index (χ1v) is 10.6. The van der Waals surface area contributed by atoms with Gasteiger partial charge in [0.2, 0.25) is 5.89 Å². The molecule has 3 aromatic carbocycles. The van der Waals surface area contributed by atoms with Gasteiger partial charge < -0.3 is 14.5 Å². The predicted octanol–water partition coefficient (Wildman–Crippen LogP) is 6.66. The lowest BCUT2D eigenvalue weighted by Crippen LogP contribution is -2.11. The fraction of sp³-hybridized carbons (Fsp3) is 0.231. The lowest BCUT2D eigenvalue weighted by molar-refractivity contribution is 0.102. The van der Waals surface area contributed by atoms with E-state index in [2.05, 4.69) is 43.2 Å². The van der Waals surface area contributed by atoms with Gasteiger partial charge in [0, 0.05) is 16.8 Å². The Kier molecular flexibility index (Phi) is 6.03. The third kappa shape index (κ3) is 4.77. The van der Waals surface area contributed by atoms with Crippen molar-refractivity contribution in [3.05, 3.63) is 77.9 Å². The summed E-state index contributed by atoms with van der Waals surface area (Å²) >= 11 is 0. The van der Waals surface area contributed by atoms with E-state index >= 15 is 0 Å². The molecule has 0 aliphatic rings. The number of ether oxygens (including phenoxy) is 1. The van der Waals surface area contributed by atoms with Crippen molar-refractivity contribution in [1.82, 2.24) is 4.98 Å². The number of nitrogens with zero attached hydrogens (tertiary/aromatic N) is 1. The van der Waals surface area contributed by atoms with Gasteiger partial charge in [0.05, 0.1) is 6.61 Å². The first-order chi connectivity index (χ1) is 15.0. The van der Waals surface area contributed by atoms with Gasteiger partial charge >= 0.3 is 0 Å². The Labute approximate surface area is 182 Å². The largest absolute Gasteiger partial charge is 0.494 e. The van der Waals surface area contributed by atoms with E-state index in [-0.39, 0.29) is 5.91 Å². The molecule has 0 saturated heterocycles. The molecule has 158 valence electrons. The van der Waals surface area contributed by atoms with E-state index in [1.165, 1.54) is 5.56 Å². The second-order valence-corrected chi connectivity index (χ2v) is 7.81. The Hall–Kier alpha value is -3.60. The molecule has 0 saturated carbocycles. The van der Waals surface area contributed by atoms with E-state index in [4.69, 9.17) is 9.15 Å². The highest BCUT2D eigenvalue weighted by molar-refractivity contribution is 6.05. The molecule has 0 aliphatic carbocycles. The monoisotopic (exact) mass is 414 g/mol. The van der Waals surface area contributed by atoms with Crippen molar-refractivity contribution in [3.8, 4) is 17.2 Å². The number of hydrogen-bond acceptors (Lipinski definition) is 4. The second kappa shape index (κ2) is 9.04. The summed E-state index contributed by atoms with van der Waals surface area (Å²) in [5, 5.41) is 2.92. The molecule has 5 nitrogen and oxygen atoms in total. The van der Waals surface area contributed by atoms with Crippen LogP contribution < -0.4 is 10.1 Å². The number of amides is 1. The molecule has 0 fully saturated rings. The lowest BCUT2D eigenvalue weighted by Gasteiger charge is -2.07. The number of rotatable bonds is 7. The first kappa shape index (κ1) is 20.7. The van der Waals surface area contributed by atoms with Crippen molar-refractivity contribution in [2.24, 2.45) is 0 Å². The maximum Gasteiger partial charge on any atom is 0.255 e. The van der Waals surface area contributed by atoms with Gasteiger partial charge in [-0.2, -0.15) is 0 Å². The molecule has 0 aliphatic heterocycles. The van der Waals surface area contributed by atoms with Crippen LogP contribution in [0.1, 0.15) is 49.0 Å². The van der Waals surface area contributed by atoms with E-state index in [0.29, 0.717) is 40.8 Å². The van der Waals surface area contributed by atoms with Gasteiger partial charge in [0.15, 0.2) is 5.58 Å². The van der Waals surface area contributed by atoms with Crippen LogP contribution >= 0.6 is 0 Å². The lowest BCUT2D eigenvalue weighted by atomic mass is 10.0. The zero-order chi connectivity index (χ0) is 21.8. The number of nitrogens with one attached hydrogen (secondary N) is 1. The molecule has 0 unspecified atom stereocenters. The Morgan fingerprint density at radius 3 is 2.45 bits per heavy atom. The number of fused-ring (bicyclic) bond motifs is 1. The molecule has 5 heteroatoms. The van der Waals surface area contributed by atoms with Crippen LogP contribution in [0.15, 0.2) is 71.1 Å². The van der Waals surface area contributed by atoms with Crippen LogP contribution in [0.25, 0.3) is 22.6 Å². The quantitative estimate of drug-likeness (QED) is 0.367. The van der Waals surface area contributed by atoms with Gasteiger partial charge in [-0.1, -0.05) is 32.9 Å². The summed E-state index contributed by atoms with van der Waals surface area (Å²) in [6.45, 7) is 7.05. The Morgan fingerprint density at radius 2 is 1.77 bits per heavy atom. The van der Waals surface area contributed by atoms with E-state index in [1.54, 1.807) is 12.1 Å². The molecule has 0 radical (unpaired) electrons. The Morgan fingerprint density at radius 1 is 1.03 bits per heavy atom. The summed E-state index contributed by atoms with van der Waals surface area (Å²) in [6, 6.07) is 20.8. The van der Waals surface area contributed by atoms with Gasteiger partial charge in [0.25, 0.3) is 5.91 Å². The van der Waals surface area contributed by atoms with Crippen molar-refractivity contribution >= 4 is 22.7 Å². The van der Waals surface area contributed by atoms with Gasteiger partial charge in [-0.3, -0.25) is 4.79 Å². The van der Waals surface area contributed by atoms with Gasteiger partial charge in [-0.05, 0) is 72.5 Å². The van der Waals surface area contributed by atoms with E-state index < -0.39 is 0 Å². The number of benzene rings is 3. The standard InChI is InChI=1S/C26H26N2O3/c1-4-15-30-22-12-9-19(10-13-22)25(29)27-21-11-14-24-23(16-21)28-26(31-24)20-7-5-18(6-8-20)17(2)3/h5-14,16-17H,4,15H2,1-3H3,(H,27,29). The summed E-state index contributed by atoms with van der Waals surface area (Å²) < 4.78 is 11.5. The van der Waals surface area contributed by atoms with Crippen LogP contribution in [-0.4, -0.2) is 17.5 Å². The van der Waals surface area contributed by atoms with Crippen LogP contribution in [0.5, 0.6) is 5.75 Å². The summed E-state index contributed by atoms with van der Waals surface area (Å²) in [7, 11) is 0. The third-order valence-electron chi connectivity index (χ3n) is 5.06. The zero-order valence-electron chi connectivity index (χ0n) is 18.0. The minimum Gasteiger partial charge on any atom is -0.494 e. The smallest absolute Gasteiger partial charge is 0.255 e. The van der Waals surface area contributed by atoms with E-state index in [1.807, 2.05) is 42.5 Å². The molecule has 4 aromatic rings. The molecule has 1 amide bonds. The number of carbonyl (C=O) groups excluding carboxylic acids is 1. The Bertz CT molecular complexity index is 1180. The summed E-state index contributed by atoms with van der Waals surface area (Å²) in [4.78, 5) is 17.2. The van der Waals surface area contributed by atoms with Crippen molar-refractivity contribution in [2.75, 3.05) is 11.9 Å². The molecular weight excluding hydrogens is 388 g/mol. The summed E-state index contributed by atoms with van der Waals surface area (Å²) in [5.41, 5.74) is 4.81. The fourth-order valence-corrected chi connectivity index (χ4v) is 3.26. The highest BCUT2D eigenvalue weighted by Gasteiger charge is 2.12. The van der Waals surface area contributed by atoms with Crippen molar-refractivity contribution in [3.63, 3.8) is 0 Å². The third-order valence-corrected chi connectivity index (χ3v) is 5.06. The summed E-state index contributed by atoms with van der Waals surface area (Å²) in [6.07, 6.45) is 0.942. The minimum atomic E-state index is -0.186. The topological polar surface area (TPSA) is 64.4 Å². The van der Waals surface area contributed by atoms with Crippen LogP contribution in [-0.2, 0) is 0 Å². The second-order valence-electron chi connectivity index (χ2n) is 7.81. The van der Waals surface area contributed by atoms with Crippen LogP contribution in [0, 0.1) is 0 Å². The maximum absolute atomic E-state index is 12.6. The van der Waals surface area contributed by atoms with Crippen LogP contribution in [0.2, 0.25) is 0 Å². The van der Waals surface area contributed by atoms with Gasteiger partial charge in [0.1, 0.15) is 11.3 Å². The molecule has 0 spiro atoms. The van der Waals surface area contributed by atoms with E-state index in [0.717, 1.165) is 17.7 Å². The van der Waals surface area contributed by atoms with Crippen LogP contribution in [0.3, 0.4) is 0 Å². The zero-order valence-corrected chi connectivity index (χ0v) is 18.0. The molecule has 1 N–H and O–H groups in total. The predicted molar refractivity (Wildman–Crippen MR) is 124 cm³/mol. The molecule has 1 heterocycles. The molecule has 0 atom stereocenters. The Balaban J connectivity index is 1.49. The average molecular weight is 415 g/mol. The number of oxazole rings is 1. The van der Waals surface area contributed by atoms with E-state index in [9.17, 15) is 4.79 Å². The number of anilines is 1. The highest BCUT2D eigenvalue weighted by atomic mass is 16.5.